The van der Waals surface area contributed by atoms with Crippen LogP contribution in [0.1, 0.15) is 432 Å². The second kappa shape index (κ2) is 70.6. The van der Waals surface area contributed by atoms with Crippen molar-refractivity contribution in [2.24, 2.45) is 0 Å². The maximum atomic E-state index is 13.0. The van der Waals surface area contributed by atoms with Gasteiger partial charge < -0.3 is 14.2 Å². The molecule has 1 unspecified atom stereocenters. The van der Waals surface area contributed by atoms with Gasteiger partial charge in [-0.3, -0.25) is 14.4 Å². The minimum atomic E-state index is -0.769. The van der Waals surface area contributed by atoms with Crippen LogP contribution < -0.4 is 0 Å². The minimum absolute atomic E-state index is 0.0639. The van der Waals surface area contributed by atoms with E-state index in [2.05, 4.69) is 32.9 Å². The highest BCUT2D eigenvalue weighted by Crippen LogP contribution is 2.19. The van der Waals surface area contributed by atoms with Crippen LogP contribution >= 0.6 is 0 Å². The van der Waals surface area contributed by atoms with E-state index >= 15 is 0 Å². The Hall–Kier alpha value is -1.85. The number of unbranched alkanes of at least 4 members (excludes halogenated alkanes) is 57. The first-order chi connectivity index (χ1) is 40.0. The molecule has 0 aliphatic rings. The number of carbonyl (C=O) groups excluding carboxylic acids is 3. The first kappa shape index (κ1) is 79.2. The first-order valence-corrected chi connectivity index (χ1v) is 37.2. The highest BCUT2D eigenvalue weighted by Gasteiger charge is 2.20. The second-order valence-electron chi connectivity index (χ2n) is 25.6. The van der Waals surface area contributed by atoms with E-state index in [0.29, 0.717) is 19.3 Å². The molecule has 480 valence electrons. The third kappa shape index (κ3) is 68.8. The van der Waals surface area contributed by atoms with Crippen LogP contribution in [-0.4, -0.2) is 37.2 Å². The Balaban J connectivity index is 4.26. The third-order valence-electron chi connectivity index (χ3n) is 17.3. The largest absolute Gasteiger partial charge is 0.462 e. The van der Waals surface area contributed by atoms with Crippen molar-refractivity contribution in [3.63, 3.8) is 0 Å². The molecule has 6 heteroatoms. The lowest BCUT2D eigenvalue weighted by Crippen LogP contribution is -2.30. The number of allylic oxidation sites excluding steroid dienone is 2. The van der Waals surface area contributed by atoms with Crippen molar-refractivity contribution in [2.45, 2.75) is 438 Å². The number of rotatable bonds is 70. The summed E-state index contributed by atoms with van der Waals surface area (Å²) in [6.07, 6.45) is 85.3. The van der Waals surface area contributed by atoms with Gasteiger partial charge in [-0.15, -0.1) is 0 Å². The Kier molecular flexibility index (Phi) is 69.0. The summed E-state index contributed by atoms with van der Waals surface area (Å²) >= 11 is 0. The van der Waals surface area contributed by atoms with Crippen molar-refractivity contribution in [3.8, 4) is 0 Å². The fourth-order valence-corrected chi connectivity index (χ4v) is 11.7. The van der Waals surface area contributed by atoms with E-state index < -0.39 is 6.10 Å². The van der Waals surface area contributed by atoms with Crippen LogP contribution in [-0.2, 0) is 28.6 Å². The molecule has 0 saturated heterocycles. The fraction of sp³-hybridized carbons (Fsp3) is 0.933. The molecule has 1 atom stereocenters. The van der Waals surface area contributed by atoms with Gasteiger partial charge in [0.25, 0.3) is 0 Å². The molecule has 0 heterocycles. The van der Waals surface area contributed by atoms with Gasteiger partial charge in [0, 0.05) is 19.3 Å². The monoisotopic (exact) mass is 1140 g/mol. The van der Waals surface area contributed by atoms with Crippen molar-refractivity contribution in [1.82, 2.24) is 0 Å². The predicted octanol–water partition coefficient (Wildman–Crippen LogP) is 25.6. The molecule has 0 radical (unpaired) electrons. The second-order valence-corrected chi connectivity index (χ2v) is 25.6. The van der Waals surface area contributed by atoms with E-state index in [1.807, 2.05) is 0 Å². The lowest BCUT2D eigenvalue weighted by atomic mass is 10.0. The Morgan fingerprint density at radius 1 is 0.235 bits per heavy atom. The van der Waals surface area contributed by atoms with Crippen LogP contribution in [0.25, 0.3) is 0 Å². The van der Waals surface area contributed by atoms with E-state index in [-0.39, 0.29) is 31.1 Å². The summed E-state index contributed by atoms with van der Waals surface area (Å²) in [6, 6.07) is 0. The topological polar surface area (TPSA) is 78.9 Å². The zero-order chi connectivity index (χ0) is 58.5. The summed E-state index contributed by atoms with van der Waals surface area (Å²) < 4.78 is 17.0. The molecular weight excluding hydrogens is 997 g/mol. The smallest absolute Gasteiger partial charge is 0.306 e. The van der Waals surface area contributed by atoms with Crippen LogP contribution in [0.3, 0.4) is 0 Å². The van der Waals surface area contributed by atoms with Gasteiger partial charge >= 0.3 is 17.9 Å². The molecule has 0 rings (SSSR count). The quantitative estimate of drug-likeness (QED) is 0.0261. The normalized spacial score (nSPS) is 12.0. The molecule has 6 nitrogen and oxygen atoms in total. The lowest BCUT2D eigenvalue weighted by Gasteiger charge is -2.18. The van der Waals surface area contributed by atoms with Crippen molar-refractivity contribution in [1.29, 1.82) is 0 Å². The number of hydrogen-bond donors (Lipinski definition) is 0. The Bertz CT molecular complexity index is 1260. The van der Waals surface area contributed by atoms with Crippen LogP contribution in [0.15, 0.2) is 12.2 Å². The molecule has 0 aromatic rings. The molecule has 0 aliphatic carbocycles. The first-order valence-electron chi connectivity index (χ1n) is 37.2. The molecule has 0 aliphatic heterocycles. The molecule has 0 bridgehead atoms. The fourth-order valence-electron chi connectivity index (χ4n) is 11.7. The Morgan fingerprint density at radius 2 is 0.407 bits per heavy atom. The summed E-state index contributed by atoms with van der Waals surface area (Å²) in [4.78, 5) is 38.5. The van der Waals surface area contributed by atoms with E-state index in [0.717, 1.165) is 57.8 Å². The molecule has 0 aromatic heterocycles. The van der Waals surface area contributed by atoms with Gasteiger partial charge in [0.1, 0.15) is 13.2 Å². The number of hydrogen-bond acceptors (Lipinski definition) is 6. The van der Waals surface area contributed by atoms with E-state index in [9.17, 15) is 14.4 Å². The zero-order valence-corrected chi connectivity index (χ0v) is 55.4. The average molecular weight is 1140 g/mol. The summed E-state index contributed by atoms with van der Waals surface area (Å²) in [7, 11) is 0. The van der Waals surface area contributed by atoms with Gasteiger partial charge in [0.15, 0.2) is 6.10 Å². The zero-order valence-electron chi connectivity index (χ0n) is 55.4. The SMILES string of the molecule is CCCCCCCCC/C=C\CCCCCCCCCC(=O)OCC(COC(=O)CCCCCCCCCCCCCCCCCCCCCCCCCC)OC(=O)CCCCCCCCCCCCCCCCCCCCCCC. The predicted molar refractivity (Wildman–Crippen MR) is 353 cm³/mol. The Labute approximate surface area is 507 Å². The summed E-state index contributed by atoms with van der Waals surface area (Å²) in [5.74, 6) is -0.828. The minimum Gasteiger partial charge on any atom is -0.462 e. The van der Waals surface area contributed by atoms with Gasteiger partial charge in [-0.25, -0.2) is 0 Å². The molecular formula is C75H144O6. The molecule has 0 amide bonds. The maximum Gasteiger partial charge on any atom is 0.306 e. The molecule has 0 fully saturated rings. The summed E-state index contributed by atoms with van der Waals surface area (Å²) in [5, 5.41) is 0. The van der Waals surface area contributed by atoms with Crippen molar-refractivity contribution in [3.05, 3.63) is 12.2 Å². The standard InChI is InChI=1S/C75H144O6/c1-4-7-10-13-16-19-22-25-28-31-34-36-37-38-40-41-44-47-50-53-56-59-62-65-68-74(77)80-71-72(70-79-73(76)67-64-61-58-55-52-49-46-43-33-30-27-24-21-18-15-12-9-6-3)81-75(78)69-66-63-60-57-54-51-48-45-42-39-35-32-29-26-23-20-17-14-11-8-5-2/h30,33,72H,4-29,31-32,34-71H2,1-3H3/b33-30-. The maximum absolute atomic E-state index is 13.0. The van der Waals surface area contributed by atoms with Crippen LogP contribution in [0, 0.1) is 0 Å². The van der Waals surface area contributed by atoms with Crippen molar-refractivity contribution >= 4 is 17.9 Å². The van der Waals surface area contributed by atoms with Crippen molar-refractivity contribution in [2.75, 3.05) is 13.2 Å². The van der Waals surface area contributed by atoms with E-state index in [1.54, 1.807) is 0 Å². The van der Waals surface area contributed by atoms with Gasteiger partial charge in [-0.2, -0.15) is 0 Å². The van der Waals surface area contributed by atoms with Gasteiger partial charge in [-0.05, 0) is 44.9 Å². The molecule has 0 spiro atoms. The highest BCUT2D eigenvalue weighted by molar-refractivity contribution is 5.71. The van der Waals surface area contributed by atoms with Gasteiger partial charge in [0.2, 0.25) is 0 Å². The molecule has 0 saturated carbocycles. The Morgan fingerprint density at radius 3 is 0.617 bits per heavy atom. The number of carbonyl (C=O) groups is 3. The third-order valence-corrected chi connectivity index (χ3v) is 17.3. The summed E-state index contributed by atoms with van der Waals surface area (Å²) in [6.45, 7) is 6.74. The van der Waals surface area contributed by atoms with Crippen molar-refractivity contribution < 1.29 is 28.6 Å². The molecule has 0 N–H and O–H groups in total. The van der Waals surface area contributed by atoms with E-state index in [1.165, 1.54) is 334 Å². The van der Waals surface area contributed by atoms with Crippen LogP contribution in [0.4, 0.5) is 0 Å². The molecule has 0 aromatic carbocycles. The highest BCUT2D eigenvalue weighted by atomic mass is 16.6. The summed E-state index contributed by atoms with van der Waals surface area (Å²) in [5.41, 5.74) is 0. The van der Waals surface area contributed by atoms with Crippen LogP contribution in [0.2, 0.25) is 0 Å². The van der Waals surface area contributed by atoms with E-state index in [4.69, 9.17) is 14.2 Å². The average Bonchev–Trinajstić information content (AvgIpc) is 3.47. The molecule has 81 heavy (non-hydrogen) atoms. The lowest BCUT2D eigenvalue weighted by molar-refractivity contribution is -0.167. The van der Waals surface area contributed by atoms with Crippen LogP contribution in [0.5, 0.6) is 0 Å². The van der Waals surface area contributed by atoms with Gasteiger partial charge in [0.05, 0.1) is 0 Å². The number of ether oxygens (including phenoxy) is 3. The van der Waals surface area contributed by atoms with Gasteiger partial charge in [-0.1, -0.05) is 380 Å². The number of esters is 3.